The highest BCUT2D eigenvalue weighted by molar-refractivity contribution is 8.03. The van der Waals surface area contributed by atoms with E-state index in [0.29, 0.717) is 22.0 Å². The lowest BCUT2D eigenvalue weighted by molar-refractivity contribution is -0.121. The fourth-order valence-electron chi connectivity index (χ4n) is 3.19. The molecule has 2 aromatic rings. The summed E-state index contributed by atoms with van der Waals surface area (Å²) in [7, 11) is 1.58. The van der Waals surface area contributed by atoms with Crippen LogP contribution in [-0.2, 0) is 9.59 Å². The second kappa shape index (κ2) is 9.30. The Bertz CT molecular complexity index is 993. The number of allylic oxidation sites excluding steroid dienone is 1. The normalized spacial score (nSPS) is 16.0. The van der Waals surface area contributed by atoms with E-state index >= 15 is 0 Å². The number of carbonyl (C=O) groups excluding carboxylic acids is 2. The maximum atomic E-state index is 12.3. The van der Waals surface area contributed by atoms with E-state index in [1.54, 1.807) is 31.4 Å². The first kappa shape index (κ1) is 20.5. The van der Waals surface area contributed by atoms with E-state index in [1.807, 2.05) is 31.2 Å². The van der Waals surface area contributed by atoms with Gasteiger partial charge in [-0.15, -0.1) is 0 Å². The van der Waals surface area contributed by atoms with Crippen LogP contribution in [0.3, 0.4) is 0 Å². The highest BCUT2D eigenvalue weighted by Gasteiger charge is 2.30. The van der Waals surface area contributed by atoms with E-state index in [9.17, 15) is 14.9 Å². The minimum atomic E-state index is -0.304. The molecule has 0 bridgehead atoms. The second-order valence-electron chi connectivity index (χ2n) is 6.58. The van der Waals surface area contributed by atoms with Crippen LogP contribution in [0.2, 0.25) is 0 Å². The van der Waals surface area contributed by atoms with Crippen molar-refractivity contribution in [3.8, 4) is 11.8 Å². The van der Waals surface area contributed by atoms with Crippen molar-refractivity contribution >= 4 is 29.3 Å². The van der Waals surface area contributed by atoms with Gasteiger partial charge in [0.25, 0.3) is 0 Å². The number of hydrogen-bond acceptors (Lipinski definition) is 5. The number of amides is 2. The van der Waals surface area contributed by atoms with Crippen LogP contribution in [0.4, 0.5) is 5.69 Å². The third-order valence-corrected chi connectivity index (χ3v) is 5.66. The molecule has 148 valence electrons. The summed E-state index contributed by atoms with van der Waals surface area (Å²) < 4.78 is 5.10. The number of methoxy groups -OCH3 is 1. The molecule has 1 aliphatic heterocycles. The van der Waals surface area contributed by atoms with E-state index in [2.05, 4.69) is 16.7 Å². The van der Waals surface area contributed by atoms with Crippen molar-refractivity contribution in [1.29, 1.82) is 5.26 Å². The maximum absolute atomic E-state index is 12.3. The van der Waals surface area contributed by atoms with Gasteiger partial charge in [-0.25, -0.2) is 0 Å². The molecule has 0 aliphatic carbocycles. The molecular formula is C22H21N3O3S. The molecule has 7 heteroatoms. The average Bonchev–Trinajstić information content (AvgIpc) is 2.72. The van der Waals surface area contributed by atoms with Crippen LogP contribution in [0.1, 0.15) is 23.5 Å². The Morgan fingerprint density at radius 1 is 1.28 bits per heavy atom. The Labute approximate surface area is 173 Å². The zero-order valence-electron chi connectivity index (χ0n) is 16.2. The molecule has 2 aromatic carbocycles. The predicted octanol–water partition coefficient (Wildman–Crippen LogP) is 3.71. The van der Waals surface area contributed by atoms with Crippen LogP contribution in [-0.4, -0.2) is 24.7 Å². The predicted molar refractivity (Wildman–Crippen MR) is 113 cm³/mol. The van der Waals surface area contributed by atoms with E-state index in [0.717, 1.165) is 22.9 Å². The summed E-state index contributed by atoms with van der Waals surface area (Å²) >= 11 is 1.16. The van der Waals surface area contributed by atoms with Crippen LogP contribution in [0.15, 0.2) is 59.1 Å². The van der Waals surface area contributed by atoms with E-state index in [1.165, 1.54) is 0 Å². The number of hydrogen-bond donors (Lipinski definition) is 2. The van der Waals surface area contributed by atoms with Gasteiger partial charge in [-0.05, 0) is 42.3 Å². The van der Waals surface area contributed by atoms with Crippen LogP contribution in [0.5, 0.6) is 5.75 Å². The Hall–Kier alpha value is -3.24. The molecule has 1 heterocycles. The molecule has 0 unspecified atom stereocenters. The van der Waals surface area contributed by atoms with Gasteiger partial charge in [0.2, 0.25) is 11.8 Å². The number of thioether (sulfide) groups is 1. The minimum absolute atomic E-state index is 0.0767. The Morgan fingerprint density at radius 2 is 2.00 bits per heavy atom. The third kappa shape index (κ3) is 4.98. The summed E-state index contributed by atoms with van der Waals surface area (Å²) in [5.74, 6) is 0.0934. The van der Waals surface area contributed by atoms with Crippen LogP contribution >= 0.6 is 11.8 Å². The standard InChI is InChI=1S/C22H21N3O3S/c1-14-5-3-4-6-17(14)18-11-20(26)25-22(19(18)12-23)29-13-21(27)24-15-7-9-16(28-2)10-8-15/h3-10,18H,11,13H2,1-2H3,(H,24,27)(H,25,26)/t18-/m1/s1. The number of anilines is 1. The van der Waals surface area contributed by atoms with Crippen molar-refractivity contribution in [2.45, 2.75) is 19.3 Å². The number of ether oxygens (including phenoxy) is 1. The van der Waals surface area contributed by atoms with E-state index < -0.39 is 0 Å². The van der Waals surface area contributed by atoms with Gasteiger partial charge in [0, 0.05) is 18.0 Å². The smallest absolute Gasteiger partial charge is 0.234 e. The number of nitrogens with zero attached hydrogens (tertiary/aromatic N) is 1. The molecule has 2 amide bonds. The highest BCUT2D eigenvalue weighted by Crippen LogP contribution is 2.37. The molecule has 6 nitrogen and oxygen atoms in total. The quantitative estimate of drug-likeness (QED) is 0.762. The van der Waals surface area contributed by atoms with Gasteiger partial charge in [-0.1, -0.05) is 36.0 Å². The van der Waals surface area contributed by atoms with Crippen molar-refractivity contribution in [1.82, 2.24) is 5.32 Å². The van der Waals surface area contributed by atoms with Gasteiger partial charge >= 0.3 is 0 Å². The molecule has 2 N–H and O–H groups in total. The maximum Gasteiger partial charge on any atom is 0.234 e. The number of carbonyl (C=O) groups is 2. The topological polar surface area (TPSA) is 91.2 Å². The number of benzene rings is 2. The highest BCUT2D eigenvalue weighted by atomic mass is 32.2. The first-order valence-corrected chi connectivity index (χ1v) is 10.1. The van der Waals surface area contributed by atoms with Crippen molar-refractivity contribution in [2.24, 2.45) is 0 Å². The summed E-state index contributed by atoms with van der Waals surface area (Å²) in [6, 6.07) is 17.0. The fourth-order valence-corrected chi connectivity index (χ4v) is 4.06. The zero-order chi connectivity index (χ0) is 20.8. The Balaban J connectivity index is 1.73. The largest absolute Gasteiger partial charge is 0.497 e. The SMILES string of the molecule is COc1ccc(NC(=O)CSC2=C(C#N)[C@@H](c3ccccc3C)CC(=O)N2)cc1. The number of nitriles is 1. The summed E-state index contributed by atoms with van der Waals surface area (Å²) in [5, 5.41) is 15.7. The fraction of sp³-hybridized carbons (Fsp3) is 0.227. The molecule has 1 atom stereocenters. The first-order chi connectivity index (χ1) is 14.0. The molecule has 0 spiro atoms. The van der Waals surface area contributed by atoms with Gasteiger partial charge in [-0.2, -0.15) is 5.26 Å². The lowest BCUT2D eigenvalue weighted by atomic mass is 9.85. The van der Waals surface area contributed by atoms with Crippen molar-refractivity contribution < 1.29 is 14.3 Å². The van der Waals surface area contributed by atoms with Gasteiger partial charge in [0.1, 0.15) is 5.75 Å². The lowest BCUT2D eigenvalue weighted by Crippen LogP contribution is -2.31. The molecule has 0 saturated heterocycles. The Kier molecular flexibility index (Phi) is 6.57. The summed E-state index contributed by atoms with van der Waals surface area (Å²) in [6.45, 7) is 1.96. The molecule has 3 rings (SSSR count). The van der Waals surface area contributed by atoms with Gasteiger partial charge in [-0.3, -0.25) is 9.59 Å². The molecule has 0 radical (unpaired) electrons. The monoisotopic (exact) mass is 407 g/mol. The Morgan fingerprint density at radius 3 is 2.66 bits per heavy atom. The van der Waals surface area contributed by atoms with Crippen LogP contribution in [0, 0.1) is 18.3 Å². The van der Waals surface area contributed by atoms with Crippen molar-refractivity contribution in [2.75, 3.05) is 18.2 Å². The van der Waals surface area contributed by atoms with Crippen molar-refractivity contribution in [3.05, 3.63) is 70.3 Å². The van der Waals surface area contributed by atoms with Gasteiger partial charge in [0.05, 0.1) is 29.5 Å². The lowest BCUT2D eigenvalue weighted by Gasteiger charge is -2.26. The molecule has 1 aliphatic rings. The zero-order valence-corrected chi connectivity index (χ0v) is 17.0. The average molecular weight is 407 g/mol. The molecule has 0 saturated carbocycles. The molecule has 29 heavy (non-hydrogen) atoms. The van der Waals surface area contributed by atoms with Crippen LogP contribution < -0.4 is 15.4 Å². The van der Waals surface area contributed by atoms with Crippen LogP contribution in [0.25, 0.3) is 0 Å². The van der Waals surface area contributed by atoms with E-state index in [-0.39, 0.29) is 29.9 Å². The summed E-state index contributed by atoms with van der Waals surface area (Å²) in [4.78, 5) is 24.6. The molecule has 0 aromatic heterocycles. The minimum Gasteiger partial charge on any atom is -0.497 e. The van der Waals surface area contributed by atoms with Crippen molar-refractivity contribution in [3.63, 3.8) is 0 Å². The number of nitrogens with one attached hydrogen (secondary N) is 2. The molecular weight excluding hydrogens is 386 g/mol. The second-order valence-corrected chi connectivity index (χ2v) is 7.57. The third-order valence-electron chi connectivity index (χ3n) is 4.64. The number of rotatable bonds is 6. The molecule has 0 fully saturated rings. The summed E-state index contributed by atoms with van der Waals surface area (Å²) in [6.07, 6.45) is 0.218. The summed E-state index contributed by atoms with van der Waals surface area (Å²) in [5.41, 5.74) is 3.12. The van der Waals surface area contributed by atoms with E-state index in [4.69, 9.17) is 4.74 Å². The van der Waals surface area contributed by atoms with Gasteiger partial charge in [0.15, 0.2) is 0 Å². The number of aryl methyl sites for hydroxylation is 1. The first-order valence-electron chi connectivity index (χ1n) is 9.08. The van der Waals surface area contributed by atoms with Gasteiger partial charge < -0.3 is 15.4 Å².